The first-order valence-electron chi connectivity index (χ1n) is 24.0. The summed E-state index contributed by atoms with van der Waals surface area (Å²) in [4.78, 5) is 104. The van der Waals surface area contributed by atoms with Gasteiger partial charge in [0.2, 0.25) is 17.8 Å². The molecule has 75 heavy (non-hydrogen) atoms. The summed E-state index contributed by atoms with van der Waals surface area (Å²) in [5, 5.41) is 47.2. The number of hydrogen-bond donors (Lipinski definition) is 3. The summed E-state index contributed by atoms with van der Waals surface area (Å²) in [6.45, 7) is 0.0198. The number of benzene rings is 4. The van der Waals surface area contributed by atoms with Crippen molar-refractivity contribution in [1.29, 1.82) is 5.41 Å². The number of carbonyl (C=O) groups excluding carboxylic acids is 5. The number of alkyl carbamates (subject to hydrolysis) is 1. The Morgan fingerprint density at radius 1 is 0.693 bits per heavy atom. The van der Waals surface area contributed by atoms with Gasteiger partial charge in [0, 0.05) is 85.5 Å². The van der Waals surface area contributed by atoms with Gasteiger partial charge in [0.25, 0.3) is 17.1 Å². The summed E-state index contributed by atoms with van der Waals surface area (Å²) in [5.74, 6) is -0.370. The van der Waals surface area contributed by atoms with Crippen molar-refractivity contribution in [2.24, 2.45) is 11.8 Å². The summed E-state index contributed by atoms with van der Waals surface area (Å²) in [5.41, 5.74) is 2.04. The number of guanidine groups is 1. The van der Waals surface area contributed by atoms with Crippen LogP contribution < -0.4 is 15.4 Å². The van der Waals surface area contributed by atoms with Crippen LogP contribution in [0.2, 0.25) is 0 Å². The van der Waals surface area contributed by atoms with Gasteiger partial charge in [-0.05, 0) is 115 Å². The zero-order valence-corrected chi connectivity index (χ0v) is 41.6. The molecule has 1 aliphatic carbocycles. The summed E-state index contributed by atoms with van der Waals surface area (Å²) >= 11 is 1.62. The van der Waals surface area contributed by atoms with Gasteiger partial charge < -0.3 is 29.2 Å². The molecule has 3 fully saturated rings. The highest BCUT2D eigenvalue weighted by Gasteiger charge is 2.44. The molecule has 2 aliphatic heterocycles. The van der Waals surface area contributed by atoms with E-state index >= 15 is 0 Å². The maximum absolute atomic E-state index is 14.3. The number of likely N-dealkylation sites (tertiary alicyclic amines) is 2. The maximum Gasteiger partial charge on any atom is 0.416 e. The van der Waals surface area contributed by atoms with E-state index in [-0.39, 0.29) is 91.5 Å². The lowest BCUT2D eigenvalue weighted by molar-refractivity contribution is -0.385. The van der Waals surface area contributed by atoms with Gasteiger partial charge in [-0.1, -0.05) is 12.1 Å². The fourth-order valence-corrected chi connectivity index (χ4v) is 10.2. The van der Waals surface area contributed by atoms with E-state index in [4.69, 9.17) is 24.4 Å². The van der Waals surface area contributed by atoms with Gasteiger partial charge >= 0.3 is 18.3 Å². The number of amides is 5. The lowest BCUT2D eigenvalue weighted by Gasteiger charge is -2.32. The van der Waals surface area contributed by atoms with E-state index in [0.717, 1.165) is 16.2 Å². The van der Waals surface area contributed by atoms with Crippen LogP contribution in [-0.4, -0.2) is 116 Å². The number of nitrogens with one attached hydrogen (secondary N) is 3. The Bertz CT molecular complexity index is 2720. The summed E-state index contributed by atoms with van der Waals surface area (Å²) in [6.07, 6.45) is -0.0913. The molecule has 3 aliphatic rings. The van der Waals surface area contributed by atoms with Gasteiger partial charge in [0.15, 0.2) is 0 Å². The first kappa shape index (κ1) is 54.4. The van der Waals surface area contributed by atoms with E-state index in [1.54, 1.807) is 23.8 Å². The molecule has 5 amide bonds. The normalized spacial score (nSPS) is 19.0. The van der Waals surface area contributed by atoms with E-state index < -0.39 is 45.1 Å². The quantitative estimate of drug-likeness (QED) is 0.0286. The highest BCUT2D eigenvalue weighted by molar-refractivity contribution is 7.99. The molecule has 3 atom stereocenters. The third-order valence-electron chi connectivity index (χ3n) is 13.2. The minimum absolute atomic E-state index is 0.0712. The number of ether oxygens (including phenoxy) is 4. The van der Waals surface area contributed by atoms with Gasteiger partial charge in [-0.15, -0.1) is 0 Å². The molecule has 4 aromatic carbocycles. The third-order valence-corrected chi connectivity index (χ3v) is 14.5. The van der Waals surface area contributed by atoms with Crippen molar-refractivity contribution in [2.75, 3.05) is 33.3 Å². The lowest BCUT2D eigenvalue weighted by atomic mass is 9.81. The maximum atomic E-state index is 14.3. The Hall–Kier alpha value is -8.35. The molecule has 2 heterocycles. The topological polar surface area (TPSA) is 309 Å². The molecule has 2 saturated heterocycles. The lowest BCUT2D eigenvalue weighted by Crippen LogP contribution is -2.49. The standard InChI is InChI=1S/C50H55N9O15S/c1-71-42-20-10-36(11-21-42)31-75-43-24-44(55(27-43)49(63)73-29-34-6-16-40(17-7-34)58(67)68)46(61)54-23-22-38(26-54)52-45(60)37-12-2-32(3-13-37)25-56(50(64)74-30-35-8-18-41(19-9-35)59(69)70)47(51)53-48(62)72-28-33-4-14-39(15-5-33)57(65)66/h4-11,14-21,32,37-38,43-44H,2-3,12-13,22-31H2,1H3,(H,52,60)(H2,51,53,62)/t32?,37?,38-,43-,44-/m0/s1. The monoisotopic (exact) mass is 1050 g/mol. The average Bonchev–Trinajstić information content (AvgIpc) is 4.08. The molecule has 25 heteroatoms. The molecule has 3 N–H and O–H groups in total. The Labute approximate surface area is 433 Å². The number of thioether (sulfide) groups is 1. The van der Waals surface area contributed by atoms with Crippen LogP contribution in [0, 0.1) is 47.6 Å². The van der Waals surface area contributed by atoms with Crippen molar-refractivity contribution in [3.8, 4) is 5.75 Å². The number of non-ortho nitro benzene ring substituents is 3. The fourth-order valence-electron chi connectivity index (χ4n) is 8.96. The second-order valence-electron chi connectivity index (χ2n) is 18.2. The molecule has 396 valence electrons. The van der Waals surface area contributed by atoms with Crippen molar-refractivity contribution in [2.45, 2.75) is 81.4 Å². The van der Waals surface area contributed by atoms with Crippen LogP contribution in [0.5, 0.6) is 5.75 Å². The molecule has 0 radical (unpaired) electrons. The minimum atomic E-state index is -1.08. The van der Waals surface area contributed by atoms with Crippen LogP contribution in [0.15, 0.2) is 97.1 Å². The Kier molecular flexibility index (Phi) is 18.5. The van der Waals surface area contributed by atoms with Crippen LogP contribution >= 0.6 is 11.8 Å². The van der Waals surface area contributed by atoms with Crippen molar-refractivity contribution >= 4 is 64.9 Å². The van der Waals surface area contributed by atoms with Crippen LogP contribution in [-0.2, 0) is 49.4 Å². The van der Waals surface area contributed by atoms with Crippen LogP contribution in [0.25, 0.3) is 0 Å². The number of hydrogen-bond acceptors (Lipinski definition) is 17. The van der Waals surface area contributed by atoms with Gasteiger partial charge in [-0.2, -0.15) is 11.8 Å². The first-order valence-corrected chi connectivity index (χ1v) is 25.0. The van der Waals surface area contributed by atoms with E-state index in [9.17, 15) is 54.3 Å². The fraction of sp³-hybridized carbons (Fsp3) is 0.400. The number of nitrogens with zero attached hydrogens (tertiary/aromatic N) is 6. The van der Waals surface area contributed by atoms with E-state index in [1.807, 2.05) is 24.3 Å². The Morgan fingerprint density at radius 3 is 1.75 bits per heavy atom. The van der Waals surface area contributed by atoms with Crippen molar-refractivity contribution in [3.63, 3.8) is 0 Å². The SMILES string of the molecule is COc1ccc(CS[C@H]2C[C@@H](C(=O)N3CC[C@H](NC(=O)C4CCC(CN(C(=N)NC(=O)OCc5ccc([N+](=O)[O-])cc5)C(=O)OCc5ccc([N+](=O)[O-])cc5)CC4)C3)N(C(=O)OCc3ccc([N+](=O)[O-])cc3)C2)cc1. The first-order chi connectivity index (χ1) is 36.0. The number of nitro benzene ring substituents is 3. The third kappa shape index (κ3) is 15.1. The van der Waals surface area contributed by atoms with E-state index in [1.165, 1.54) is 77.7 Å². The molecule has 0 aromatic heterocycles. The molecular formula is C50H55N9O15S. The van der Waals surface area contributed by atoms with Crippen LogP contribution in [0.1, 0.15) is 60.8 Å². The molecule has 0 spiro atoms. The van der Waals surface area contributed by atoms with Crippen LogP contribution in [0.4, 0.5) is 31.4 Å². The van der Waals surface area contributed by atoms with Crippen LogP contribution in [0.3, 0.4) is 0 Å². The summed E-state index contributed by atoms with van der Waals surface area (Å²) < 4.78 is 21.6. The largest absolute Gasteiger partial charge is 0.497 e. The molecule has 0 unspecified atom stereocenters. The molecular weight excluding hydrogens is 999 g/mol. The average molecular weight is 1050 g/mol. The van der Waals surface area contributed by atoms with Gasteiger partial charge in [0.05, 0.1) is 21.9 Å². The minimum Gasteiger partial charge on any atom is -0.497 e. The predicted octanol–water partition coefficient (Wildman–Crippen LogP) is 7.46. The number of carbonyl (C=O) groups is 5. The zero-order chi connectivity index (χ0) is 53.6. The number of methoxy groups -OCH3 is 1. The highest BCUT2D eigenvalue weighted by Crippen LogP contribution is 2.34. The molecule has 7 rings (SSSR count). The Morgan fingerprint density at radius 2 is 1.21 bits per heavy atom. The van der Waals surface area contributed by atoms with Gasteiger partial charge in [-0.25, -0.2) is 19.3 Å². The van der Waals surface area contributed by atoms with Gasteiger partial charge in [-0.3, -0.25) is 55.6 Å². The molecule has 1 saturated carbocycles. The number of rotatable bonds is 18. The summed E-state index contributed by atoms with van der Waals surface area (Å²) in [6, 6.07) is 22.8. The van der Waals surface area contributed by atoms with Gasteiger partial charge in [0.1, 0.15) is 31.6 Å². The van der Waals surface area contributed by atoms with E-state index in [2.05, 4.69) is 10.6 Å². The Balaban J connectivity index is 0.918. The van der Waals surface area contributed by atoms with Crippen molar-refractivity contribution < 1.29 is 57.7 Å². The van der Waals surface area contributed by atoms with Crippen molar-refractivity contribution in [3.05, 3.63) is 150 Å². The summed E-state index contributed by atoms with van der Waals surface area (Å²) in [7, 11) is 1.59. The molecule has 0 bridgehead atoms. The smallest absolute Gasteiger partial charge is 0.416 e. The number of nitro groups is 3. The highest BCUT2D eigenvalue weighted by atomic mass is 32.2. The van der Waals surface area contributed by atoms with Crippen molar-refractivity contribution in [1.82, 2.24) is 25.3 Å². The zero-order valence-electron chi connectivity index (χ0n) is 40.7. The predicted molar refractivity (Wildman–Crippen MR) is 269 cm³/mol. The second-order valence-corrected chi connectivity index (χ2v) is 19.5. The second kappa shape index (κ2) is 25.5. The molecule has 4 aromatic rings. The molecule has 24 nitrogen and oxygen atoms in total. The van der Waals surface area contributed by atoms with E-state index in [0.29, 0.717) is 67.5 Å².